The van der Waals surface area contributed by atoms with Gasteiger partial charge in [-0.1, -0.05) is 51.5 Å². The van der Waals surface area contributed by atoms with Gasteiger partial charge in [0.05, 0.1) is 12.7 Å². The summed E-state index contributed by atoms with van der Waals surface area (Å²) in [4.78, 5) is 11.6. The van der Waals surface area contributed by atoms with Gasteiger partial charge in [0.1, 0.15) is 5.75 Å². The molecule has 0 saturated carbocycles. The molecule has 0 unspecified atom stereocenters. The summed E-state index contributed by atoms with van der Waals surface area (Å²) in [7, 11) is 1.61. The van der Waals surface area contributed by atoms with Crippen LogP contribution < -0.4 is 4.74 Å². The summed E-state index contributed by atoms with van der Waals surface area (Å²) in [5.41, 5.74) is 1.94. The van der Waals surface area contributed by atoms with Crippen LogP contribution in [0.1, 0.15) is 74.7 Å². The molecule has 2 heteroatoms. The molecule has 0 saturated heterocycles. The molecule has 0 amide bonds. The molecule has 0 aliphatic carbocycles. The van der Waals surface area contributed by atoms with E-state index in [1.54, 1.807) is 14.0 Å². The molecule has 1 aromatic rings. The van der Waals surface area contributed by atoms with E-state index in [4.69, 9.17) is 4.74 Å². The number of rotatable bonds is 10. The monoisotopic (exact) mass is 276 g/mol. The Kier molecular flexibility index (Phi) is 8.01. The molecule has 1 aromatic carbocycles. The van der Waals surface area contributed by atoms with Gasteiger partial charge in [0.2, 0.25) is 0 Å². The molecule has 0 aliphatic rings. The fourth-order valence-corrected chi connectivity index (χ4v) is 2.47. The van der Waals surface area contributed by atoms with E-state index < -0.39 is 0 Å². The number of aryl methyl sites for hydroxylation is 1. The number of Topliss-reactive ketones (excluding diaryl/α,β-unsaturated/α-hetero) is 1. The Hall–Kier alpha value is -1.31. The highest BCUT2D eigenvalue weighted by molar-refractivity contribution is 5.97. The van der Waals surface area contributed by atoms with Crippen LogP contribution >= 0.6 is 0 Å². The lowest BCUT2D eigenvalue weighted by molar-refractivity contribution is 0.101. The minimum Gasteiger partial charge on any atom is -0.496 e. The summed E-state index contributed by atoms with van der Waals surface area (Å²) < 4.78 is 5.22. The molecule has 2 nitrogen and oxygen atoms in total. The third kappa shape index (κ3) is 5.77. The number of benzene rings is 1. The largest absolute Gasteiger partial charge is 0.496 e. The standard InChI is InChI=1S/C18H28O2/c1-4-5-6-7-8-9-10-11-16-12-13-18(20-3)17(14-16)15(2)19/h12-14H,4-11H2,1-3H3. The van der Waals surface area contributed by atoms with E-state index in [2.05, 4.69) is 13.0 Å². The fourth-order valence-electron chi connectivity index (χ4n) is 2.47. The molecule has 0 aromatic heterocycles. The average Bonchev–Trinajstić information content (AvgIpc) is 2.46. The minimum atomic E-state index is 0.0725. The van der Waals surface area contributed by atoms with E-state index in [9.17, 15) is 4.79 Å². The molecular weight excluding hydrogens is 248 g/mol. The van der Waals surface area contributed by atoms with Gasteiger partial charge >= 0.3 is 0 Å². The molecule has 0 radical (unpaired) electrons. The van der Waals surface area contributed by atoms with Gasteiger partial charge in [0.25, 0.3) is 0 Å². The Morgan fingerprint density at radius 3 is 2.30 bits per heavy atom. The second-order valence-corrected chi connectivity index (χ2v) is 5.46. The lowest BCUT2D eigenvalue weighted by Crippen LogP contribution is -1.99. The van der Waals surface area contributed by atoms with Crippen LogP contribution in [0.3, 0.4) is 0 Å². The van der Waals surface area contributed by atoms with Crippen LogP contribution in [0.15, 0.2) is 18.2 Å². The van der Waals surface area contributed by atoms with E-state index in [0.29, 0.717) is 11.3 Å². The van der Waals surface area contributed by atoms with Crippen LogP contribution in [0, 0.1) is 0 Å². The van der Waals surface area contributed by atoms with Gasteiger partial charge < -0.3 is 4.74 Å². The predicted molar refractivity (Wildman–Crippen MR) is 84.7 cm³/mol. The van der Waals surface area contributed by atoms with Crippen molar-refractivity contribution >= 4 is 5.78 Å². The van der Waals surface area contributed by atoms with E-state index >= 15 is 0 Å². The maximum absolute atomic E-state index is 11.6. The zero-order chi connectivity index (χ0) is 14.8. The number of unbranched alkanes of at least 4 members (excludes halogenated alkanes) is 6. The molecule has 0 spiro atoms. The van der Waals surface area contributed by atoms with Gasteiger partial charge in [-0.05, 0) is 37.5 Å². The van der Waals surface area contributed by atoms with Crippen LogP contribution in [0.5, 0.6) is 5.75 Å². The lowest BCUT2D eigenvalue weighted by atomic mass is 10.0. The first-order chi connectivity index (χ1) is 9.69. The summed E-state index contributed by atoms with van der Waals surface area (Å²) in [5, 5.41) is 0. The van der Waals surface area contributed by atoms with E-state index in [0.717, 1.165) is 6.42 Å². The third-order valence-electron chi connectivity index (χ3n) is 3.71. The minimum absolute atomic E-state index is 0.0725. The second-order valence-electron chi connectivity index (χ2n) is 5.46. The van der Waals surface area contributed by atoms with Crippen molar-refractivity contribution in [1.82, 2.24) is 0 Å². The molecule has 0 bridgehead atoms. The van der Waals surface area contributed by atoms with Crippen molar-refractivity contribution < 1.29 is 9.53 Å². The summed E-state index contributed by atoms with van der Waals surface area (Å²) >= 11 is 0. The Balaban J connectivity index is 2.37. The summed E-state index contributed by atoms with van der Waals surface area (Å²) in [6.45, 7) is 3.84. The maximum Gasteiger partial charge on any atom is 0.163 e. The zero-order valence-electron chi connectivity index (χ0n) is 13.2. The molecule has 0 aliphatic heterocycles. The topological polar surface area (TPSA) is 26.3 Å². The van der Waals surface area contributed by atoms with Crippen LogP contribution in [-0.2, 0) is 6.42 Å². The molecule has 1 rings (SSSR count). The Morgan fingerprint density at radius 2 is 1.70 bits per heavy atom. The zero-order valence-corrected chi connectivity index (χ0v) is 13.2. The number of ketones is 1. The van der Waals surface area contributed by atoms with Crippen molar-refractivity contribution in [3.05, 3.63) is 29.3 Å². The summed E-state index contributed by atoms with van der Waals surface area (Å²) in [6.07, 6.45) is 10.3. The fraction of sp³-hybridized carbons (Fsp3) is 0.611. The van der Waals surface area contributed by atoms with Gasteiger partial charge in [-0.2, -0.15) is 0 Å². The van der Waals surface area contributed by atoms with E-state index in [-0.39, 0.29) is 5.78 Å². The smallest absolute Gasteiger partial charge is 0.163 e. The van der Waals surface area contributed by atoms with Gasteiger partial charge in [-0.25, -0.2) is 0 Å². The van der Waals surface area contributed by atoms with Crippen molar-refractivity contribution in [2.45, 2.75) is 65.2 Å². The normalized spacial score (nSPS) is 10.6. The number of carbonyl (C=O) groups excluding carboxylic acids is 1. The highest BCUT2D eigenvalue weighted by atomic mass is 16.5. The molecule has 0 N–H and O–H groups in total. The molecule has 0 heterocycles. The molecular formula is C18H28O2. The Labute approximate surface area is 123 Å². The van der Waals surface area contributed by atoms with Gasteiger partial charge in [-0.15, -0.1) is 0 Å². The van der Waals surface area contributed by atoms with Crippen LogP contribution in [0.2, 0.25) is 0 Å². The van der Waals surface area contributed by atoms with Crippen LogP contribution in [0.25, 0.3) is 0 Å². The highest BCUT2D eigenvalue weighted by Gasteiger charge is 2.08. The SMILES string of the molecule is CCCCCCCCCc1ccc(OC)c(C(C)=O)c1. The second kappa shape index (κ2) is 9.57. The lowest BCUT2D eigenvalue weighted by Gasteiger charge is -2.08. The molecule has 0 fully saturated rings. The van der Waals surface area contributed by atoms with E-state index in [1.807, 2.05) is 12.1 Å². The molecule has 0 atom stereocenters. The van der Waals surface area contributed by atoms with Crippen LogP contribution in [0.4, 0.5) is 0 Å². The van der Waals surface area contributed by atoms with Gasteiger partial charge in [-0.3, -0.25) is 4.79 Å². The Morgan fingerprint density at radius 1 is 1.05 bits per heavy atom. The first-order valence-corrected chi connectivity index (χ1v) is 7.87. The van der Waals surface area contributed by atoms with E-state index in [1.165, 1.54) is 50.5 Å². The summed E-state index contributed by atoms with van der Waals surface area (Å²) in [5.74, 6) is 0.754. The average molecular weight is 276 g/mol. The number of methoxy groups -OCH3 is 1. The quantitative estimate of drug-likeness (QED) is 0.434. The van der Waals surface area contributed by atoms with Crippen molar-refractivity contribution in [2.24, 2.45) is 0 Å². The number of hydrogen-bond acceptors (Lipinski definition) is 2. The predicted octanol–water partition coefficient (Wildman–Crippen LogP) is 5.19. The van der Waals surface area contributed by atoms with Crippen molar-refractivity contribution in [3.8, 4) is 5.75 Å². The van der Waals surface area contributed by atoms with Crippen molar-refractivity contribution in [1.29, 1.82) is 0 Å². The summed E-state index contributed by atoms with van der Waals surface area (Å²) in [6, 6.07) is 5.97. The molecule has 112 valence electrons. The first-order valence-electron chi connectivity index (χ1n) is 7.87. The maximum atomic E-state index is 11.6. The van der Waals surface area contributed by atoms with Gasteiger partial charge in [0.15, 0.2) is 5.78 Å². The van der Waals surface area contributed by atoms with Crippen molar-refractivity contribution in [2.75, 3.05) is 7.11 Å². The first kappa shape index (κ1) is 16.7. The number of hydrogen-bond donors (Lipinski definition) is 0. The van der Waals surface area contributed by atoms with Crippen LogP contribution in [-0.4, -0.2) is 12.9 Å². The molecule has 20 heavy (non-hydrogen) atoms. The number of carbonyl (C=O) groups is 1. The van der Waals surface area contributed by atoms with Gasteiger partial charge in [0, 0.05) is 0 Å². The number of ether oxygens (including phenoxy) is 1. The van der Waals surface area contributed by atoms with Crippen molar-refractivity contribution in [3.63, 3.8) is 0 Å². The Bertz CT molecular complexity index is 410. The highest BCUT2D eigenvalue weighted by Crippen LogP contribution is 2.21. The third-order valence-corrected chi connectivity index (χ3v) is 3.71.